The second kappa shape index (κ2) is 6.55. The Morgan fingerprint density at radius 1 is 1.38 bits per heavy atom. The van der Waals surface area contributed by atoms with Gasteiger partial charge >= 0.3 is 0 Å². The third-order valence-electron chi connectivity index (χ3n) is 3.29. The Kier molecular flexibility index (Phi) is 4.97. The van der Waals surface area contributed by atoms with E-state index in [0.717, 1.165) is 16.9 Å². The van der Waals surface area contributed by atoms with Crippen LogP contribution in [0.3, 0.4) is 0 Å². The van der Waals surface area contributed by atoms with Gasteiger partial charge in [0.25, 0.3) is 0 Å². The molecule has 0 spiro atoms. The van der Waals surface area contributed by atoms with Crippen molar-refractivity contribution in [3.63, 3.8) is 0 Å². The van der Waals surface area contributed by atoms with E-state index in [1.807, 2.05) is 26.0 Å². The fraction of sp³-hybridized carbons (Fsp3) is 0.500. The maximum absolute atomic E-state index is 11.4. The number of H-pyrrole nitrogens is 1. The van der Waals surface area contributed by atoms with E-state index in [1.165, 1.54) is 5.56 Å². The molecule has 1 aromatic heterocycles. The molecule has 0 amide bonds. The lowest BCUT2D eigenvalue weighted by atomic mass is 10.2. The number of aryl methyl sites for hydroxylation is 1. The Hall–Kier alpha value is -1.44. The zero-order chi connectivity index (χ0) is 15.5. The third-order valence-corrected chi connectivity index (χ3v) is 4.66. The van der Waals surface area contributed by atoms with Crippen molar-refractivity contribution in [3.8, 4) is 0 Å². The molecule has 0 saturated heterocycles. The summed E-state index contributed by atoms with van der Waals surface area (Å²) in [6.45, 7) is 6.54. The zero-order valence-electron chi connectivity index (χ0n) is 12.6. The molecule has 0 aliphatic heterocycles. The highest BCUT2D eigenvalue weighted by molar-refractivity contribution is 7.89. The van der Waals surface area contributed by atoms with E-state index in [2.05, 4.69) is 26.1 Å². The van der Waals surface area contributed by atoms with Crippen molar-refractivity contribution in [2.45, 2.75) is 33.4 Å². The Labute approximate surface area is 125 Å². The second-order valence-corrected chi connectivity index (χ2v) is 7.33. The van der Waals surface area contributed by atoms with E-state index >= 15 is 0 Å². The molecule has 0 radical (unpaired) electrons. The lowest BCUT2D eigenvalue weighted by molar-refractivity contribution is 0.518. The van der Waals surface area contributed by atoms with E-state index in [-0.39, 0.29) is 11.8 Å². The minimum atomic E-state index is -3.14. The van der Waals surface area contributed by atoms with Crippen molar-refractivity contribution in [2.75, 3.05) is 12.3 Å². The first-order valence-electron chi connectivity index (χ1n) is 7.05. The molecule has 0 fully saturated rings. The van der Waals surface area contributed by atoms with Crippen molar-refractivity contribution in [3.05, 3.63) is 29.6 Å². The fourth-order valence-corrected chi connectivity index (χ4v) is 2.67. The van der Waals surface area contributed by atoms with E-state index in [0.29, 0.717) is 13.1 Å². The van der Waals surface area contributed by atoms with Gasteiger partial charge in [0.1, 0.15) is 5.82 Å². The van der Waals surface area contributed by atoms with Gasteiger partial charge in [-0.15, -0.1) is 0 Å². The molecular weight excluding hydrogens is 288 g/mol. The van der Waals surface area contributed by atoms with Gasteiger partial charge in [-0.25, -0.2) is 18.1 Å². The average Bonchev–Trinajstić information content (AvgIpc) is 2.85. The van der Waals surface area contributed by atoms with Gasteiger partial charge in [-0.3, -0.25) is 0 Å². The molecule has 116 valence electrons. The molecule has 0 aliphatic carbocycles. The predicted molar refractivity (Wildman–Crippen MR) is 84.6 cm³/mol. The maximum Gasteiger partial charge on any atom is 0.211 e. The molecule has 2 rings (SSSR count). The molecule has 0 bridgehead atoms. The van der Waals surface area contributed by atoms with E-state index < -0.39 is 10.0 Å². The van der Waals surface area contributed by atoms with Crippen molar-refractivity contribution in [1.82, 2.24) is 20.0 Å². The van der Waals surface area contributed by atoms with Crippen LogP contribution in [0.4, 0.5) is 0 Å². The number of hydrogen-bond donors (Lipinski definition) is 3. The number of nitrogens with zero attached hydrogens (tertiary/aromatic N) is 1. The molecule has 1 aromatic carbocycles. The molecule has 1 heterocycles. The van der Waals surface area contributed by atoms with E-state index in [9.17, 15) is 8.42 Å². The van der Waals surface area contributed by atoms with Crippen LogP contribution < -0.4 is 10.0 Å². The highest BCUT2D eigenvalue weighted by atomic mass is 32.2. The minimum Gasteiger partial charge on any atom is -0.341 e. The number of nitrogens with one attached hydrogen (secondary N) is 3. The first kappa shape index (κ1) is 15.9. The standard InChI is InChI=1S/C14H22N4O2S/c1-4-21(19,20)16-8-11(3)15-9-14-17-12-6-5-10(2)7-13(12)18-14/h5-7,11,15-16H,4,8-9H2,1-3H3,(H,17,18)/t11-/m1/s1. The Balaban J connectivity index is 1.89. The molecule has 0 saturated carbocycles. The van der Waals surface area contributed by atoms with Crippen molar-refractivity contribution in [1.29, 1.82) is 0 Å². The summed E-state index contributed by atoms with van der Waals surface area (Å²) in [5, 5.41) is 3.25. The highest BCUT2D eigenvalue weighted by Gasteiger charge is 2.10. The Morgan fingerprint density at radius 2 is 2.14 bits per heavy atom. The van der Waals surface area contributed by atoms with Gasteiger partial charge in [-0.1, -0.05) is 6.07 Å². The van der Waals surface area contributed by atoms with Crippen LogP contribution in [0.1, 0.15) is 25.2 Å². The lowest BCUT2D eigenvalue weighted by Crippen LogP contribution is -2.39. The summed E-state index contributed by atoms with van der Waals surface area (Å²) < 4.78 is 25.3. The monoisotopic (exact) mass is 310 g/mol. The molecule has 0 aliphatic rings. The summed E-state index contributed by atoms with van der Waals surface area (Å²) in [6, 6.07) is 6.11. The van der Waals surface area contributed by atoms with Crippen LogP contribution in [-0.4, -0.2) is 36.7 Å². The van der Waals surface area contributed by atoms with Crippen LogP contribution in [0.5, 0.6) is 0 Å². The number of fused-ring (bicyclic) bond motifs is 1. The van der Waals surface area contributed by atoms with Gasteiger partial charge in [0.15, 0.2) is 0 Å². The molecule has 0 unspecified atom stereocenters. The van der Waals surface area contributed by atoms with Crippen LogP contribution in [0, 0.1) is 6.92 Å². The minimum absolute atomic E-state index is 0.0290. The average molecular weight is 310 g/mol. The van der Waals surface area contributed by atoms with Gasteiger partial charge in [-0.2, -0.15) is 0 Å². The Bertz CT molecular complexity index is 709. The van der Waals surface area contributed by atoms with Gasteiger partial charge in [0, 0.05) is 12.6 Å². The number of aromatic nitrogens is 2. The summed E-state index contributed by atoms with van der Waals surface area (Å²) in [7, 11) is -3.14. The molecule has 1 atom stereocenters. The van der Waals surface area contributed by atoms with Crippen LogP contribution >= 0.6 is 0 Å². The lowest BCUT2D eigenvalue weighted by Gasteiger charge is -2.13. The molecule has 21 heavy (non-hydrogen) atoms. The summed E-state index contributed by atoms with van der Waals surface area (Å²) >= 11 is 0. The summed E-state index contributed by atoms with van der Waals surface area (Å²) in [5.74, 6) is 0.948. The zero-order valence-corrected chi connectivity index (χ0v) is 13.4. The van der Waals surface area contributed by atoms with Gasteiger partial charge in [0.05, 0.1) is 23.3 Å². The number of rotatable bonds is 7. The van der Waals surface area contributed by atoms with Crippen molar-refractivity contribution < 1.29 is 8.42 Å². The van der Waals surface area contributed by atoms with Crippen LogP contribution in [-0.2, 0) is 16.6 Å². The molecule has 7 heteroatoms. The van der Waals surface area contributed by atoms with E-state index in [4.69, 9.17) is 0 Å². The number of benzene rings is 1. The SMILES string of the molecule is CCS(=O)(=O)NC[C@@H](C)NCc1nc2ccc(C)cc2[nH]1. The summed E-state index contributed by atoms with van der Waals surface area (Å²) in [4.78, 5) is 7.76. The normalized spacial score (nSPS) is 13.7. The molecular formula is C14H22N4O2S. The molecule has 6 nitrogen and oxygen atoms in total. The summed E-state index contributed by atoms with van der Waals surface area (Å²) in [6.07, 6.45) is 0. The quantitative estimate of drug-likeness (QED) is 0.719. The fourth-order valence-electron chi connectivity index (χ4n) is 1.96. The number of imidazole rings is 1. The first-order valence-corrected chi connectivity index (χ1v) is 8.71. The largest absolute Gasteiger partial charge is 0.341 e. The van der Waals surface area contributed by atoms with Crippen LogP contribution in [0.15, 0.2) is 18.2 Å². The smallest absolute Gasteiger partial charge is 0.211 e. The van der Waals surface area contributed by atoms with Gasteiger partial charge < -0.3 is 10.3 Å². The highest BCUT2D eigenvalue weighted by Crippen LogP contribution is 2.13. The van der Waals surface area contributed by atoms with Gasteiger partial charge in [-0.05, 0) is 38.5 Å². The predicted octanol–water partition coefficient (Wildman–Crippen LogP) is 1.29. The molecule has 3 N–H and O–H groups in total. The van der Waals surface area contributed by atoms with Gasteiger partial charge in [0.2, 0.25) is 10.0 Å². The summed E-state index contributed by atoms with van der Waals surface area (Å²) in [5.41, 5.74) is 3.15. The van der Waals surface area contributed by atoms with Crippen molar-refractivity contribution >= 4 is 21.1 Å². The number of sulfonamides is 1. The Morgan fingerprint density at radius 3 is 2.86 bits per heavy atom. The van der Waals surface area contributed by atoms with Crippen LogP contribution in [0.2, 0.25) is 0 Å². The van der Waals surface area contributed by atoms with Crippen molar-refractivity contribution in [2.24, 2.45) is 0 Å². The second-order valence-electron chi connectivity index (χ2n) is 5.24. The maximum atomic E-state index is 11.4. The first-order chi connectivity index (χ1) is 9.89. The van der Waals surface area contributed by atoms with Crippen LogP contribution in [0.25, 0.3) is 11.0 Å². The topological polar surface area (TPSA) is 86.9 Å². The van der Waals surface area contributed by atoms with E-state index in [1.54, 1.807) is 6.92 Å². The number of hydrogen-bond acceptors (Lipinski definition) is 4. The third kappa shape index (κ3) is 4.52. The number of aromatic amines is 1. The molecule has 2 aromatic rings.